The minimum atomic E-state index is 0.770. The molecule has 0 radical (unpaired) electrons. The topological polar surface area (TPSA) is 12.5 Å². The van der Waals surface area contributed by atoms with Gasteiger partial charge in [-0.3, -0.25) is 0 Å². The quantitative estimate of drug-likeness (QED) is 0.745. The Bertz CT molecular complexity index is 361. The molecular formula is C14H20ClNO. The smallest absolute Gasteiger partial charge is 0.122 e. The van der Waals surface area contributed by atoms with Crippen LogP contribution in [0.25, 0.3) is 0 Å². The lowest BCUT2D eigenvalue weighted by atomic mass is 10.2. The summed E-state index contributed by atoms with van der Waals surface area (Å²) < 4.78 is 5.77. The van der Waals surface area contributed by atoms with E-state index in [4.69, 9.17) is 16.3 Å². The van der Waals surface area contributed by atoms with Gasteiger partial charge in [0.1, 0.15) is 5.75 Å². The first-order valence-electron chi connectivity index (χ1n) is 6.37. The molecule has 0 aliphatic carbocycles. The lowest BCUT2D eigenvalue weighted by Crippen LogP contribution is -2.21. The highest BCUT2D eigenvalue weighted by molar-refractivity contribution is 6.30. The van der Waals surface area contributed by atoms with E-state index in [1.807, 2.05) is 25.1 Å². The Labute approximate surface area is 109 Å². The molecule has 1 aromatic carbocycles. The van der Waals surface area contributed by atoms with E-state index in [1.54, 1.807) is 0 Å². The SMILES string of the molecule is Cc1cc(Cl)ccc1OCCCN1CCCC1. The second-order valence-electron chi connectivity index (χ2n) is 4.66. The Morgan fingerprint density at radius 2 is 2.06 bits per heavy atom. The Morgan fingerprint density at radius 1 is 1.29 bits per heavy atom. The van der Waals surface area contributed by atoms with E-state index in [1.165, 1.54) is 25.9 Å². The summed E-state index contributed by atoms with van der Waals surface area (Å²) in [5.74, 6) is 0.954. The lowest BCUT2D eigenvalue weighted by molar-refractivity contribution is 0.262. The van der Waals surface area contributed by atoms with Crippen molar-refractivity contribution in [2.75, 3.05) is 26.2 Å². The number of halogens is 1. The summed E-state index contributed by atoms with van der Waals surface area (Å²) in [4.78, 5) is 2.51. The molecule has 2 nitrogen and oxygen atoms in total. The number of ether oxygens (including phenoxy) is 1. The molecule has 17 heavy (non-hydrogen) atoms. The molecular weight excluding hydrogens is 234 g/mol. The van der Waals surface area contributed by atoms with Crippen molar-refractivity contribution in [3.8, 4) is 5.75 Å². The van der Waals surface area contributed by atoms with E-state index >= 15 is 0 Å². The van der Waals surface area contributed by atoms with Crippen molar-refractivity contribution in [3.05, 3.63) is 28.8 Å². The van der Waals surface area contributed by atoms with Gasteiger partial charge < -0.3 is 9.64 Å². The Kier molecular flexibility index (Phi) is 4.69. The number of hydrogen-bond donors (Lipinski definition) is 0. The molecule has 1 saturated heterocycles. The van der Waals surface area contributed by atoms with Gasteiger partial charge in [-0.2, -0.15) is 0 Å². The predicted molar refractivity (Wildman–Crippen MR) is 72.0 cm³/mol. The van der Waals surface area contributed by atoms with Gasteiger partial charge in [0.05, 0.1) is 6.61 Å². The van der Waals surface area contributed by atoms with Crippen LogP contribution in [-0.2, 0) is 0 Å². The average Bonchev–Trinajstić information content (AvgIpc) is 2.79. The third kappa shape index (κ3) is 3.90. The third-order valence-electron chi connectivity index (χ3n) is 3.21. The highest BCUT2D eigenvalue weighted by Gasteiger charge is 2.10. The molecule has 94 valence electrons. The standard InChI is InChI=1S/C14H20ClNO/c1-12-11-13(15)5-6-14(12)17-10-4-9-16-7-2-3-8-16/h5-6,11H,2-4,7-10H2,1H3. The van der Waals surface area contributed by atoms with Crippen molar-refractivity contribution in [1.29, 1.82) is 0 Å². The van der Waals surface area contributed by atoms with Gasteiger partial charge in [0, 0.05) is 11.6 Å². The van der Waals surface area contributed by atoms with Gasteiger partial charge in [0.2, 0.25) is 0 Å². The number of likely N-dealkylation sites (tertiary alicyclic amines) is 1. The fourth-order valence-electron chi connectivity index (χ4n) is 2.25. The molecule has 1 aliphatic heterocycles. The zero-order chi connectivity index (χ0) is 12.1. The van der Waals surface area contributed by atoms with Crippen LogP contribution in [0.5, 0.6) is 5.75 Å². The Hall–Kier alpha value is -0.730. The van der Waals surface area contributed by atoms with Crippen molar-refractivity contribution in [2.24, 2.45) is 0 Å². The zero-order valence-corrected chi connectivity index (χ0v) is 11.2. The molecule has 0 unspecified atom stereocenters. The molecule has 0 atom stereocenters. The molecule has 2 rings (SSSR count). The second kappa shape index (κ2) is 6.27. The fourth-order valence-corrected chi connectivity index (χ4v) is 2.48. The van der Waals surface area contributed by atoms with Crippen LogP contribution in [0, 0.1) is 6.92 Å². The van der Waals surface area contributed by atoms with Gasteiger partial charge in [-0.15, -0.1) is 0 Å². The second-order valence-corrected chi connectivity index (χ2v) is 5.10. The first-order chi connectivity index (χ1) is 8.25. The maximum absolute atomic E-state index is 5.90. The Balaban J connectivity index is 1.70. The van der Waals surface area contributed by atoms with Gasteiger partial charge >= 0.3 is 0 Å². The van der Waals surface area contributed by atoms with Crippen LogP contribution in [0.3, 0.4) is 0 Å². The predicted octanol–water partition coefficient (Wildman–Crippen LogP) is 3.51. The summed E-state index contributed by atoms with van der Waals surface area (Å²) in [5.41, 5.74) is 1.11. The van der Waals surface area contributed by atoms with Crippen molar-refractivity contribution < 1.29 is 4.74 Å². The highest BCUT2D eigenvalue weighted by Crippen LogP contribution is 2.21. The third-order valence-corrected chi connectivity index (χ3v) is 3.45. The summed E-state index contributed by atoms with van der Waals surface area (Å²) >= 11 is 5.90. The maximum atomic E-state index is 5.90. The first-order valence-corrected chi connectivity index (χ1v) is 6.75. The summed E-state index contributed by atoms with van der Waals surface area (Å²) in [7, 11) is 0. The van der Waals surface area contributed by atoms with Gasteiger partial charge in [-0.25, -0.2) is 0 Å². The molecule has 1 aliphatic rings. The van der Waals surface area contributed by atoms with Crippen molar-refractivity contribution >= 4 is 11.6 Å². The van der Waals surface area contributed by atoms with Gasteiger partial charge in [0.15, 0.2) is 0 Å². The molecule has 0 aromatic heterocycles. The molecule has 0 bridgehead atoms. The fraction of sp³-hybridized carbons (Fsp3) is 0.571. The highest BCUT2D eigenvalue weighted by atomic mass is 35.5. The van der Waals surface area contributed by atoms with Gasteiger partial charge in [-0.05, 0) is 63.0 Å². The van der Waals surface area contributed by atoms with Crippen molar-refractivity contribution in [3.63, 3.8) is 0 Å². The van der Waals surface area contributed by atoms with Crippen LogP contribution in [0.1, 0.15) is 24.8 Å². The first kappa shape index (κ1) is 12.7. The molecule has 0 N–H and O–H groups in total. The summed E-state index contributed by atoms with van der Waals surface area (Å²) in [5, 5.41) is 0.770. The van der Waals surface area contributed by atoms with E-state index in [0.717, 1.165) is 35.9 Å². The monoisotopic (exact) mass is 253 g/mol. The molecule has 0 amide bonds. The average molecular weight is 254 g/mol. The van der Waals surface area contributed by atoms with E-state index in [2.05, 4.69) is 4.90 Å². The number of nitrogens with zero attached hydrogens (tertiary/aromatic N) is 1. The van der Waals surface area contributed by atoms with Crippen LogP contribution in [0.4, 0.5) is 0 Å². The van der Waals surface area contributed by atoms with Crippen LogP contribution in [0.15, 0.2) is 18.2 Å². The molecule has 1 heterocycles. The summed E-state index contributed by atoms with van der Waals surface area (Å²) in [6, 6.07) is 5.77. The minimum absolute atomic E-state index is 0.770. The van der Waals surface area contributed by atoms with Crippen molar-refractivity contribution in [2.45, 2.75) is 26.2 Å². The van der Waals surface area contributed by atoms with Crippen LogP contribution >= 0.6 is 11.6 Å². The largest absolute Gasteiger partial charge is 0.493 e. The van der Waals surface area contributed by atoms with Gasteiger partial charge in [0.25, 0.3) is 0 Å². The van der Waals surface area contributed by atoms with E-state index in [-0.39, 0.29) is 0 Å². The van der Waals surface area contributed by atoms with Crippen molar-refractivity contribution in [1.82, 2.24) is 4.90 Å². The number of hydrogen-bond acceptors (Lipinski definition) is 2. The molecule has 3 heteroatoms. The van der Waals surface area contributed by atoms with Crippen LogP contribution in [0.2, 0.25) is 5.02 Å². The van der Waals surface area contributed by atoms with E-state index < -0.39 is 0 Å². The number of rotatable bonds is 5. The minimum Gasteiger partial charge on any atom is -0.493 e. The lowest BCUT2D eigenvalue weighted by Gasteiger charge is -2.15. The summed E-state index contributed by atoms with van der Waals surface area (Å²) in [6.07, 6.45) is 3.82. The zero-order valence-electron chi connectivity index (χ0n) is 10.4. The van der Waals surface area contributed by atoms with E-state index in [9.17, 15) is 0 Å². The normalized spacial score (nSPS) is 16.4. The van der Waals surface area contributed by atoms with Crippen LogP contribution < -0.4 is 4.74 Å². The molecule has 1 fully saturated rings. The maximum Gasteiger partial charge on any atom is 0.122 e. The molecule has 0 saturated carbocycles. The number of benzene rings is 1. The van der Waals surface area contributed by atoms with Gasteiger partial charge in [-0.1, -0.05) is 11.6 Å². The molecule has 0 spiro atoms. The van der Waals surface area contributed by atoms with Crippen LogP contribution in [-0.4, -0.2) is 31.1 Å². The summed E-state index contributed by atoms with van der Waals surface area (Å²) in [6.45, 7) is 6.51. The van der Waals surface area contributed by atoms with E-state index in [0.29, 0.717) is 0 Å². The Morgan fingerprint density at radius 3 is 2.76 bits per heavy atom. The number of aryl methyl sites for hydroxylation is 1. The molecule has 1 aromatic rings.